The van der Waals surface area contributed by atoms with Gasteiger partial charge in [0, 0.05) is 6.54 Å². The molecule has 0 bridgehead atoms. The summed E-state index contributed by atoms with van der Waals surface area (Å²) in [6.45, 7) is 3.47. The lowest BCUT2D eigenvalue weighted by Crippen LogP contribution is -2.48. The third kappa shape index (κ3) is 2.52. The molecule has 1 unspecified atom stereocenters. The van der Waals surface area contributed by atoms with E-state index in [-0.39, 0.29) is 0 Å². The molecule has 110 valence electrons. The molecule has 0 saturated carbocycles. The first-order valence-electron chi connectivity index (χ1n) is 6.40. The quantitative estimate of drug-likeness (QED) is 0.849. The molecule has 6 heteroatoms. The fourth-order valence-electron chi connectivity index (χ4n) is 2.59. The third-order valence-electron chi connectivity index (χ3n) is 3.59. The van der Waals surface area contributed by atoms with Crippen molar-refractivity contribution in [2.75, 3.05) is 6.54 Å². The molecule has 1 aromatic carbocycles. The zero-order valence-electron chi connectivity index (χ0n) is 11.3. The third-order valence-corrected chi connectivity index (χ3v) is 3.59. The van der Waals surface area contributed by atoms with Crippen LogP contribution >= 0.6 is 0 Å². The number of rotatable bonds is 2. The average Bonchev–Trinajstić information content (AvgIpc) is 2.84. The summed E-state index contributed by atoms with van der Waals surface area (Å²) in [4.78, 5) is 13.6. The molecule has 1 aliphatic rings. The first-order chi connectivity index (χ1) is 9.23. The van der Waals surface area contributed by atoms with Gasteiger partial charge in [0.15, 0.2) is 17.5 Å². The van der Waals surface area contributed by atoms with E-state index in [0.29, 0.717) is 19.4 Å². The number of likely N-dealkylation sites (tertiary alicyclic amines) is 1. The second-order valence-corrected chi connectivity index (χ2v) is 5.53. The van der Waals surface area contributed by atoms with Gasteiger partial charge in [-0.05, 0) is 38.8 Å². The fraction of sp³-hybridized carbons (Fsp3) is 0.500. The summed E-state index contributed by atoms with van der Waals surface area (Å²) in [5.74, 6) is -5.21. The van der Waals surface area contributed by atoms with Crippen molar-refractivity contribution in [1.82, 2.24) is 4.90 Å². The summed E-state index contributed by atoms with van der Waals surface area (Å²) < 4.78 is 39.8. The predicted octanol–water partition coefficient (Wildman–Crippen LogP) is 2.48. The largest absolute Gasteiger partial charge is 0.388 e. The van der Waals surface area contributed by atoms with Crippen LogP contribution in [0.1, 0.15) is 37.0 Å². The highest BCUT2D eigenvalue weighted by Gasteiger charge is 2.39. The van der Waals surface area contributed by atoms with Crippen LogP contribution in [0.15, 0.2) is 12.1 Å². The zero-order chi connectivity index (χ0) is 15.1. The van der Waals surface area contributed by atoms with E-state index < -0.39 is 40.6 Å². The second-order valence-electron chi connectivity index (χ2n) is 5.53. The number of carbonyl (C=O) groups is 1. The molecule has 0 radical (unpaired) electrons. The van der Waals surface area contributed by atoms with Gasteiger partial charge in [-0.1, -0.05) is 0 Å². The number of benzene rings is 1. The molecule has 20 heavy (non-hydrogen) atoms. The van der Waals surface area contributed by atoms with Crippen LogP contribution < -0.4 is 0 Å². The Bertz CT molecular complexity index is 540. The van der Waals surface area contributed by atoms with Gasteiger partial charge >= 0.3 is 0 Å². The molecule has 1 saturated heterocycles. The first kappa shape index (κ1) is 14.8. The molecule has 3 nitrogen and oxygen atoms in total. The number of nitrogens with zero attached hydrogens (tertiary/aromatic N) is 1. The van der Waals surface area contributed by atoms with E-state index in [1.807, 2.05) is 0 Å². The van der Waals surface area contributed by atoms with Crippen molar-refractivity contribution in [3.63, 3.8) is 0 Å². The molecule has 1 heterocycles. The van der Waals surface area contributed by atoms with E-state index in [4.69, 9.17) is 0 Å². The van der Waals surface area contributed by atoms with Crippen LogP contribution in [0.4, 0.5) is 13.2 Å². The number of halogens is 3. The predicted molar refractivity (Wildman–Crippen MR) is 66.7 cm³/mol. The van der Waals surface area contributed by atoms with Gasteiger partial charge in [0.05, 0.1) is 17.2 Å². The van der Waals surface area contributed by atoms with Crippen LogP contribution in [0.5, 0.6) is 0 Å². The summed E-state index contributed by atoms with van der Waals surface area (Å²) in [6.07, 6.45) is 1.26. The SMILES string of the molecule is CC(C)(O)C1CCCN1C(=O)c1ccc(F)c(F)c1F. The lowest BCUT2D eigenvalue weighted by atomic mass is 9.96. The maximum atomic E-state index is 13.7. The highest BCUT2D eigenvalue weighted by molar-refractivity contribution is 5.95. The summed E-state index contributed by atoms with van der Waals surface area (Å²) in [5, 5.41) is 10.0. The Morgan fingerprint density at radius 2 is 1.95 bits per heavy atom. The molecule has 1 amide bonds. The molecule has 0 aromatic heterocycles. The summed E-state index contributed by atoms with van der Waals surface area (Å²) in [7, 11) is 0. The summed E-state index contributed by atoms with van der Waals surface area (Å²) in [5.41, 5.74) is -1.65. The topological polar surface area (TPSA) is 40.5 Å². The molecule has 1 aliphatic heterocycles. The molecule has 2 rings (SSSR count). The number of hydrogen-bond acceptors (Lipinski definition) is 2. The highest BCUT2D eigenvalue weighted by Crippen LogP contribution is 2.29. The molecule has 1 atom stereocenters. The van der Waals surface area contributed by atoms with Gasteiger partial charge in [-0.15, -0.1) is 0 Å². The Balaban J connectivity index is 2.35. The molecular weight excluding hydrogens is 271 g/mol. The molecule has 1 N–H and O–H groups in total. The van der Waals surface area contributed by atoms with Gasteiger partial charge in [-0.25, -0.2) is 13.2 Å². The normalized spacial score (nSPS) is 19.5. The van der Waals surface area contributed by atoms with E-state index in [1.165, 1.54) is 4.90 Å². The Hall–Kier alpha value is -1.56. The Morgan fingerprint density at radius 1 is 1.30 bits per heavy atom. The molecule has 1 aromatic rings. The molecule has 0 aliphatic carbocycles. The number of aliphatic hydroxyl groups is 1. The van der Waals surface area contributed by atoms with Crippen LogP contribution in [-0.4, -0.2) is 34.1 Å². The van der Waals surface area contributed by atoms with Crippen molar-refractivity contribution in [1.29, 1.82) is 0 Å². The fourth-order valence-corrected chi connectivity index (χ4v) is 2.59. The minimum absolute atomic E-state index is 0.353. The zero-order valence-corrected chi connectivity index (χ0v) is 11.3. The Kier molecular flexibility index (Phi) is 3.77. The van der Waals surface area contributed by atoms with E-state index in [2.05, 4.69) is 0 Å². The van der Waals surface area contributed by atoms with Crippen LogP contribution in [0.25, 0.3) is 0 Å². The van der Waals surface area contributed by atoms with Crippen LogP contribution in [0.2, 0.25) is 0 Å². The van der Waals surface area contributed by atoms with E-state index in [9.17, 15) is 23.1 Å². The highest BCUT2D eigenvalue weighted by atomic mass is 19.2. The Labute approximate surface area is 115 Å². The van der Waals surface area contributed by atoms with Gasteiger partial charge in [-0.2, -0.15) is 0 Å². The Morgan fingerprint density at radius 3 is 2.55 bits per heavy atom. The number of amides is 1. The van der Waals surface area contributed by atoms with Crippen molar-refractivity contribution in [2.24, 2.45) is 0 Å². The van der Waals surface area contributed by atoms with Gasteiger partial charge in [0.25, 0.3) is 5.91 Å². The number of carbonyl (C=O) groups excluding carboxylic acids is 1. The van der Waals surface area contributed by atoms with Crippen molar-refractivity contribution < 1.29 is 23.1 Å². The van der Waals surface area contributed by atoms with Crippen molar-refractivity contribution in [2.45, 2.75) is 38.3 Å². The van der Waals surface area contributed by atoms with Crippen molar-refractivity contribution >= 4 is 5.91 Å². The standard InChI is InChI=1S/C14H16F3NO2/c1-14(2,20)10-4-3-7-18(10)13(19)8-5-6-9(15)12(17)11(8)16/h5-6,10,20H,3-4,7H2,1-2H3. The first-order valence-corrected chi connectivity index (χ1v) is 6.40. The van der Waals surface area contributed by atoms with E-state index in [1.54, 1.807) is 13.8 Å². The minimum atomic E-state index is -1.66. The maximum Gasteiger partial charge on any atom is 0.257 e. The monoisotopic (exact) mass is 287 g/mol. The smallest absolute Gasteiger partial charge is 0.257 e. The van der Waals surface area contributed by atoms with Gasteiger partial charge in [0.2, 0.25) is 0 Å². The van der Waals surface area contributed by atoms with Crippen LogP contribution in [0.3, 0.4) is 0 Å². The second kappa shape index (κ2) is 5.09. The van der Waals surface area contributed by atoms with E-state index >= 15 is 0 Å². The summed E-state index contributed by atoms with van der Waals surface area (Å²) in [6, 6.07) is 1.18. The minimum Gasteiger partial charge on any atom is -0.388 e. The van der Waals surface area contributed by atoms with Crippen LogP contribution in [-0.2, 0) is 0 Å². The van der Waals surface area contributed by atoms with E-state index in [0.717, 1.165) is 12.1 Å². The van der Waals surface area contributed by atoms with Crippen molar-refractivity contribution in [3.8, 4) is 0 Å². The number of hydrogen-bond donors (Lipinski definition) is 1. The van der Waals surface area contributed by atoms with Gasteiger partial charge in [-0.3, -0.25) is 4.79 Å². The molecule has 1 fully saturated rings. The van der Waals surface area contributed by atoms with Crippen molar-refractivity contribution in [3.05, 3.63) is 35.1 Å². The lowest BCUT2D eigenvalue weighted by molar-refractivity contribution is 0.000120. The van der Waals surface area contributed by atoms with Gasteiger partial charge in [0.1, 0.15) is 0 Å². The van der Waals surface area contributed by atoms with Crippen LogP contribution in [0, 0.1) is 17.5 Å². The van der Waals surface area contributed by atoms with Gasteiger partial charge < -0.3 is 10.0 Å². The summed E-state index contributed by atoms with van der Waals surface area (Å²) >= 11 is 0. The molecule has 0 spiro atoms. The lowest BCUT2D eigenvalue weighted by Gasteiger charge is -2.33. The maximum absolute atomic E-state index is 13.7. The molecular formula is C14H16F3NO2. The average molecular weight is 287 g/mol.